The lowest BCUT2D eigenvalue weighted by Gasteiger charge is -2.37. The van der Waals surface area contributed by atoms with Crippen LogP contribution in [0.25, 0.3) is 0 Å². The van der Waals surface area contributed by atoms with E-state index in [-0.39, 0.29) is 5.54 Å². The summed E-state index contributed by atoms with van der Waals surface area (Å²) in [6.07, 6.45) is 6.50. The Bertz CT molecular complexity index is 135. The zero-order valence-electron chi connectivity index (χ0n) is 9.18. The predicted octanol–water partition coefficient (Wildman–Crippen LogP) is 1.99. The second-order valence-electron chi connectivity index (χ2n) is 4.38. The Balaban J connectivity index is 2.39. The van der Waals surface area contributed by atoms with Crippen molar-refractivity contribution in [3.8, 4) is 0 Å². The maximum atomic E-state index is 6.37. The Kier molecular flexibility index (Phi) is 4.20. The first-order chi connectivity index (χ1) is 6.20. The molecule has 78 valence electrons. The minimum absolute atomic E-state index is 0.129. The molecule has 2 N–H and O–H groups in total. The normalized spacial score (nSPS) is 22.2. The highest BCUT2D eigenvalue weighted by Gasteiger charge is 2.28. The van der Waals surface area contributed by atoms with Gasteiger partial charge in [-0.1, -0.05) is 33.1 Å². The van der Waals surface area contributed by atoms with Crippen molar-refractivity contribution in [3.63, 3.8) is 0 Å². The minimum Gasteiger partial charge on any atom is -0.324 e. The molecular weight excluding hydrogens is 160 g/mol. The summed E-state index contributed by atoms with van der Waals surface area (Å²) >= 11 is 0. The summed E-state index contributed by atoms with van der Waals surface area (Å²) in [5.74, 6) is 0. The quantitative estimate of drug-likeness (QED) is 0.724. The zero-order valence-corrected chi connectivity index (χ0v) is 9.18. The fraction of sp³-hybridized carbons (Fsp3) is 1.00. The van der Waals surface area contributed by atoms with E-state index in [0.29, 0.717) is 0 Å². The number of nitrogens with two attached hydrogens (primary N) is 1. The molecule has 0 amide bonds. The summed E-state index contributed by atoms with van der Waals surface area (Å²) in [5.41, 5.74) is 6.50. The molecule has 0 aliphatic heterocycles. The third kappa shape index (κ3) is 3.28. The molecule has 2 nitrogen and oxygen atoms in total. The van der Waals surface area contributed by atoms with Gasteiger partial charge in [-0.3, -0.25) is 0 Å². The Labute approximate surface area is 82.5 Å². The van der Waals surface area contributed by atoms with Crippen molar-refractivity contribution < 1.29 is 0 Å². The van der Waals surface area contributed by atoms with Gasteiger partial charge in [0.05, 0.1) is 0 Å². The molecule has 1 fully saturated rings. The van der Waals surface area contributed by atoms with E-state index in [1.165, 1.54) is 32.1 Å². The summed E-state index contributed by atoms with van der Waals surface area (Å²) in [7, 11) is 0. The average molecular weight is 184 g/mol. The lowest BCUT2D eigenvalue weighted by Crippen LogP contribution is -2.51. The van der Waals surface area contributed by atoms with Gasteiger partial charge >= 0.3 is 0 Å². The summed E-state index contributed by atoms with van der Waals surface area (Å²) in [5, 5.41) is 0. The highest BCUT2D eigenvalue weighted by molar-refractivity contribution is 4.89. The predicted molar refractivity (Wildman–Crippen MR) is 57.8 cm³/mol. The maximum Gasteiger partial charge on any atom is 0.0283 e. The van der Waals surface area contributed by atoms with Crippen molar-refractivity contribution in [2.24, 2.45) is 5.73 Å². The fourth-order valence-electron chi connectivity index (χ4n) is 2.31. The standard InChI is InChI=1S/C11H24N2/c1-3-13(4-2)10-11(12)8-6-5-7-9-11/h3-10,12H2,1-2H3. The summed E-state index contributed by atoms with van der Waals surface area (Å²) in [6, 6.07) is 0. The zero-order chi connectivity index (χ0) is 9.73. The third-order valence-corrected chi connectivity index (χ3v) is 3.28. The van der Waals surface area contributed by atoms with E-state index in [1.54, 1.807) is 0 Å². The molecule has 0 aromatic heterocycles. The minimum atomic E-state index is 0.129. The van der Waals surface area contributed by atoms with Crippen LogP contribution in [0.1, 0.15) is 46.0 Å². The van der Waals surface area contributed by atoms with Gasteiger partial charge in [0.1, 0.15) is 0 Å². The first kappa shape index (κ1) is 11.0. The van der Waals surface area contributed by atoms with Gasteiger partial charge in [-0.2, -0.15) is 0 Å². The number of hydrogen-bond acceptors (Lipinski definition) is 2. The Morgan fingerprint density at radius 1 is 1.08 bits per heavy atom. The van der Waals surface area contributed by atoms with Crippen LogP contribution in [0, 0.1) is 0 Å². The number of rotatable bonds is 4. The van der Waals surface area contributed by atoms with Gasteiger partial charge in [0.2, 0.25) is 0 Å². The van der Waals surface area contributed by atoms with Gasteiger partial charge in [-0.15, -0.1) is 0 Å². The topological polar surface area (TPSA) is 29.3 Å². The molecule has 13 heavy (non-hydrogen) atoms. The molecule has 0 aromatic rings. The van der Waals surface area contributed by atoms with Crippen LogP contribution in [0.4, 0.5) is 0 Å². The smallest absolute Gasteiger partial charge is 0.0283 e. The highest BCUT2D eigenvalue weighted by Crippen LogP contribution is 2.26. The summed E-state index contributed by atoms with van der Waals surface area (Å²) < 4.78 is 0. The monoisotopic (exact) mass is 184 g/mol. The van der Waals surface area contributed by atoms with E-state index in [9.17, 15) is 0 Å². The fourth-order valence-corrected chi connectivity index (χ4v) is 2.31. The van der Waals surface area contributed by atoms with E-state index in [1.807, 2.05) is 0 Å². The lowest BCUT2D eigenvalue weighted by atomic mass is 9.82. The van der Waals surface area contributed by atoms with Crippen molar-refractivity contribution in [1.82, 2.24) is 4.90 Å². The summed E-state index contributed by atoms with van der Waals surface area (Å²) in [6.45, 7) is 7.80. The Morgan fingerprint density at radius 3 is 2.08 bits per heavy atom. The van der Waals surface area contributed by atoms with Crippen LogP contribution in [0.2, 0.25) is 0 Å². The molecule has 0 heterocycles. The number of likely N-dealkylation sites (N-methyl/N-ethyl adjacent to an activating group) is 1. The third-order valence-electron chi connectivity index (χ3n) is 3.28. The molecule has 1 rings (SSSR count). The van der Waals surface area contributed by atoms with E-state index < -0.39 is 0 Å². The first-order valence-electron chi connectivity index (χ1n) is 5.71. The van der Waals surface area contributed by atoms with Crippen LogP contribution in [-0.4, -0.2) is 30.1 Å². The molecule has 0 aromatic carbocycles. The Hall–Kier alpha value is -0.0800. The van der Waals surface area contributed by atoms with Crippen molar-refractivity contribution in [3.05, 3.63) is 0 Å². The molecule has 1 aliphatic rings. The molecule has 0 atom stereocenters. The van der Waals surface area contributed by atoms with Gasteiger partial charge in [0.25, 0.3) is 0 Å². The number of nitrogens with zero attached hydrogens (tertiary/aromatic N) is 1. The van der Waals surface area contributed by atoms with Crippen molar-refractivity contribution in [2.45, 2.75) is 51.5 Å². The van der Waals surface area contributed by atoms with E-state index in [4.69, 9.17) is 5.73 Å². The second-order valence-corrected chi connectivity index (χ2v) is 4.38. The van der Waals surface area contributed by atoms with Crippen LogP contribution in [0.3, 0.4) is 0 Å². The van der Waals surface area contributed by atoms with Crippen LogP contribution in [0.15, 0.2) is 0 Å². The van der Waals surface area contributed by atoms with Gasteiger partial charge in [-0.05, 0) is 25.9 Å². The van der Waals surface area contributed by atoms with Crippen molar-refractivity contribution in [1.29, 1.82) is 0 Å². The SMILES string of the molecule is CCN(CC)CC1(N)CCCCC1. The molecule has 0 spiro atoms. The number of hydrogen-bond donors (Lipinski definition) is 1. The molecule has 1 aliphatic carbocycles. The lowest BCUT2D eigenvalue weighted by molar-refractivity contribution is 0.184. The van der Waals surface area contributed by atoms with Crippen LogP contribution >= 0.6 is 0 Å². The molecule has 1 saturated carbocycles. The highest BCUT2D eigenvalue weighted by atomic mass is 15.1. The van der Waals surface area contributed by atoms with Gasteiger partial charge in [0, 0.05) is 12.1 Å². The average Bonchev–Trinajstić information content (AvgIpc) is 2.15. The van der Waals surface area contributed by atoms with Gasteiger partial charge in [-0.25, -0.2) is 0 Å². The molecule has 0 bridgehead atoms. The van der Waals surface area contributed by atoms with Gasteiger partial charge in [0.15, 0.2) is 0 Å². The van der Waals surface area contributed by atoms with Gasteiger partial charge < -0.3 is 10.6 Å². The first-order valence-corrected chi connectivity index (χ1v) is 5.71. The van der Waals surface area contributed by atoms with Crippen LogP contribution < -0.4 is 5.73 Å². The Morgan fingerprint density at radius 2 is 1.62 bits per heavy atom. The maximum absolute atomic E-state index is 6.37. The molecule has 0 unspecified atom stereocenters. The van der Waals surface area contributed by atoms with Crippen molar-refractivity contribution >= 4 is 0 Å². The molecule has 0 radical (unpaired) electrons. The van der Waals surface area contributed by atoms with E-state index in [0.717, 1.165) is 19.6 Å². The van der Waals surface area contributed by atoms with Crippen molar-refractivity contribution in [2.75, 3.05) is 19.6 Å². The molecule has 2 heteroatoms. The molecular formula is C11H24N2. The van der Waals surface area contributed by atoms with Crippen LogP contribution in [0.5, 0.6) is 0 Å². The second kappa shape index (κ2) is 4.97. The summed E-state index contributed by atoms with van der Waals surface area (Å²) in [4.78, 5) is 2.45. The van der Waals surface area contributed by atoms with Crippen LogP contribution in [-0.2, 0) is 0 Å². The molecule has 0 saturated heterocycles. The van der Waals surface area contributed by atoms with E-state index in [2.05, 4.69) is 18.7 Å². The largest absolute Gasteiger partial charge is 0.324 e. The van der Waals surface area contributed by atoms with E-state index >= 15 is 0 Å².